The summed E-state index contributed by atoms with van der Waals surface area (Å²) in [6.07, 6.45) is 0. The van der Waals surface area contributed by atoms with Crippen molar-refractivity contribution in [2.24, 2.45) is 5.73 Å². The molecular weight excluding hydrogens is 274 g/mol. The van der Waals surface area contributed by atoms with Gasteiger partial charge in [-0.05, 0) is 22.3 Å². The van der Waals surface area contributed by atoms with Gasteiger partial charge in [0.2, 0.25) is 0 Å². The molecule has 0 heterocycles. The lowest BCUT2D eigenvalue weighted by molar-refractivity contribution is -0.384. The van der Waals surface area contributed by atoms with E-state index in [1.165, 1.54) is 17.8 Å². The van der Waals surface area contributed by atoms with Gasteiger partial charge >= 0.3 is 0 Å². The number of hydrogen-bond acceptors (Lipinski definition) is 4. The molecule has 0 unspecified atom stereocenters. The van der Waals surface area contributed by atoms with Gasteiger partial charge in [0.25, 0.3) is 5.69 Å². The Morgan fingerprint density at radius 1 is 1.20 bits per heavy atom. The molecule has 0 aromatic heterocycles. The van der Waals surface area contributed by atoms with Gasteiger partial charge < -0.3 is 5.73 Å². The molecule has 6 heteroatoms. The Bertz CT molecular complexity index is 730. The van der Waals surface area contributed by atoms with Crippen molar-refractivity contribution in [3.8, 4) is 11.1 Å². The molecule has 1 aliphatic carbocycles. The molecule has 0 spiro atoms. The summed E-state index contributed by atoms with van der Waals surface area (Å²) in [5.41, 5.74) is 9.42. The first-order valence-electron chi connectivity index (χ1n) is 5.96. The summed E-state index contributed by atoms with van der Waals surface area (Å²) in [5, 5.41) is 18.4. The zero-order valence-electron chi connectivity index (χ0n) is 10.4. The molecule has 0 fully saturated rings. The molecule has 0 bridgehead atoms. The van der Waals surface area contributed by atoms with Crippen molar-refractivity contribution in [1.82, 2.24) is 0 Å². The van der Waals surface area contributed by atoms with Gasteiger partial charge in [0.1, 0.15) is 0 Å². The molecular formula is C14H11N3O2S. The van der Waals surface area contributed by atoms with E-state index in [0.717, 1.165) is 22.3 Å². The highest BCUT2D eigenvalue weighted by molar-refractivity contribution is 8.14. The lowest BCUT2D eigenvalue weighted by atomic mass is 10.1. The van der Waals surface area contributed by atoms with Crippen LogP contribution in [0.2, 0.25) is 0 Å². The predicted molar refractivity (Wildman–Crippen MR) is 79.9 cm³/mol. The molecule has 5 nitrogen and oxygen atoms in total. The number of nitro groups is 1. The Morgan fingerprint density at radius 3 is 2.60 bits per heavy atom. The molecule has 2 aromatic carbocycles. The largest absolute Gasteiger partial charge is 0.379 e. The van der Waals surface area contributed by atoms with Crippen LogP contribution in [-0.2, 0) is 0 Å². The minimum absolute atomic E-state index is 0.0380. The van der Waals surface area contributed by atoms with E-state index < -0.39 is 4.92 Å². The molecule has 1 atom stereocenters. The molecule has 3 N–H and O–H groups in total. The first-order valence-corrected chi connectivity index (χ1v) is 6.84. The van der Waals surface area contributed by atoms with E-state index in [-0.39, 0.29) is 16.1 Å². The van der Waals surface area contributed by atoms with Gasteiger partial charge in [-0.3, -0.25) is 15.5 Å². The molecule has 0 amide bonds. The lowest BCUT2D eigenvalue weighted by Crippen LogP contribution is -2.07. The summed E-state index contributed by atoms with van der Waals surface area (Å²) in [5.74, 6) is 0. The summed E-state index contributed by atoms with van der Waals surface area (Å²) < 4.78 is 0. The highest BCUT2D eigenvalue weighted by Gasteiger charge is 2.30. The maximum atomic E-state index is 10.9. The van der Waals surface area contributed by atoms with Gasteiger partial charge in [0.05, 0.1) is 10.2 Å². The summed E-state index contributed by atoms with van der Waals surface area (Å²) in [4.78, 5) is 10.5. The number of nitro benzene ring substituents is 1. The second-order valence-electron chi connectivity index (χ2n) is 4.48. The fourth-order valence-corrected chi connectivity index (χ4v) is 3.43. The smallest absolute Gasteiger partial charge is 0.270 e. The number of nitrogens with two attached hydrogens (primary N) is 1. The number of thioether (sulfide) groups is 1. The Morgan fingerprint density at radius 2 is 1.90 bits per heavy atom. The van der Waals surface area contributed by atoms with Crippen molar-refractivity contribution in [2.75, 3.05) is 0 Å². The topological polar surface area (TPSA) is 93.0 Å². The SMILES string of the molecule is N=C(N)S[C@@H]1c2ccccc2-c2cc([N+](=O)[O-])ccc21. The summed E-state index contributed by atoms with van der Waals surface area (Å²) in [6.45, 7) is 0. The van der Waals surface area contributed by atoms with Crippen molar-refractivity contribution in [3.63, 3.8) is 0 Å². The number of benzene rings is 2. The quantitative estimate of drug-likeness (QED) is 0.383. The van der Waals surface area contributed by atoms with Gasteiger partial charge in [-0.1, -0.05) is 42.1 Å². The lowest BCUT2D eigenvalue weighted by Gasteiger charge is -2.11. The fraction of sp³-hybridized carbons (Fsp3) is 0.0714. The maximum Gasteiger partial charge on any atom is 0.270 e. The van der Waals surface area contributed by atoms with Gasteiger partial charge in [0, 0.05) is 12.1 Å². The molecule has 0 aliphatic heterocycles. The summed E-state index contributed by atoms with van der Waals surface area (Å²) in [7, 11) is 0. The van der Waals surface area contributed by atoms with Crippen LogP contribution >= 0.6 is 11.8 Å². The van der Waals surface area contributed by atoms with E-state index in [9.17, 15) is 10.1 Å². The number of nitrogens with one attached hydrogen (secondary N) is 1. The minimum Gasteiger partial charge on any atom is -0.379 e. The van der Waals surface area contributed by atoms with Crippen molar-refractivity contribution < 1.29 is 4.92 Å². The van der Waals surface area contributed by atoms with Gasteiger partial charge in [-0.25, -0.2) is 0 Å². The van der Waals surface area contributed by atoms with Crippen LogP contribution in [0.3, 0.4) is 0 Å². The third-order valence-electron chi connectivity index (χ3n) is 3.31. The molecule has 2 aromatic rings. The minimum atomic E-state index is -0.395. The van der Waals surface area contributed by atoms with E-state index in [2.05, 4.69) is 0 Å². The van der Waals surface area contributed by atoms with Gasteiger partial charge in [0.15, 0.2) is 5.17 Å². The maximum absolute atomic E-state index is 10.9. The molecule has 0 radical (unpaired) electrons. The third kappa shape index (κ3) is 1.94. The van der Waals surface area contributed by atoms with E-state index in [0.29, 0.717) is 0 Å². The van der Waals surface area contributed by atoms with Crippen LogP contribution in [0.5, 0.6) is 0 Å². The number of nitrogens with zero attached hydrogens (tertiary/aromatic N) is 1. The average molecular weight is 285 g/mol. The van der Waals surface area contributed by atoms with Gasteiger partial charge in [-0.15, -0.1) is 0 Å². The molecule has 100 valence electrons. The Kier molecular flexibility index (Phi) is 2.94. The van der Waals surface area contributed by atoms with Crippen LogP contribution in [-0.4, -0.2) is 10.1 Å². The van der Waals surface area contributed by atoms with E-state index in [1.54, 1.807) is 12.1 Å². The highest BCUT2D eigenvalue weighted by Crippen LogP contribution is 2.50. The second-order valence-corrected chi connectivity index (χ2v) is 5.62. The zero-order valence-corrected chi connectivity index (χ0v) is 11.2. The Hall–Kier alpha value is -2.34. The van der Waals surface area contributed by atoms with Crippen LogP contribution < -0.4 is 5.73 Å². The van der Waals surface area contributed by atoms with Crippen molar-refractivity contribution in [2.45, 2.75) is 5.25 Å². The van der Waals surface area contributed by atoms with Crippen LogP contribution in [0.25, 0.3) is 11.1 Å². The van der Waals surface area contributed by atoms with Crippen molar-refractivity contribution >= 4 is 22.6 Å². The zero-order chi connectivity index (χ0) is 14.3. The number of amidine groups is 1. The first kappa shape index (κ1) is 12.7. The standard InChI is InChI=1S/C14H11N3O2S/c15-14(16)20-13-10-4-2-1-3-9(10)12-7-8(17(18)19)5-6-11(12)13/h1-7,13H,(H3,15,16)/t13-/m1/s1. The highest BCUT2D eigenvalue weighted by atomic mass is 32.2. The van der Waals surface area contributed by atoms with E-state index >= 15 is 0 Å². The molecule has 20 heavy (non-hydrogen) atoms. The van der Waals surface area contributed by atoms with Crippen molar-refractivity contribution in [3.05, 3.63) is 63.7 Å². The number of rotatable bonds is 2. The number of fused-ring (bicyclic) bond motifs is 3. The Balaban J connectivity index is 2.20. The van der Waals surface area contributed by atoms with E-state index in [4.69, 9.17) is 11.1 Å². The fourth-order valence-electron chi connectivity index (χ4n) is 2.51. The molecule has 1 aliphatic rings. The third-order valence-corrected chi connectivity index (χ3v) is 4.31. The molecule has 0 saturated heterocycles. The Labute approximate surface area is 119 Å². The van der Waals surface area contributed by atoms with Crippen LogP contribution in [0.4, 0.5) is 5.69 Å². The second kappa shape index (κ2) is 4.64. The molecule has 3 rings (SSSR count). The first-order chi connectivity index (χ1) is 9.58. The monoisotopic (exact) mass is 285 g/mol. The van der Waals surface area contributed by atoms with Crippen LogP contribution in [0, 0.1) is 15.5 Å². The molecule has 0 saturated carbocycles. The normalized spacial score (nSPS) is 15.5. The van der Waals surface area contributed by atoms with Gasteiger partial charge in [-0.2, -0.15) is 0 Å². The van der Waals surface area contributed by atoms with E-state index in [1.807, 2.05) is 24.3 Å². The average Bonchev–Trinajstić information content (AvgIpc) is 2.73. The predicted octanol–water partition coefficient (Wildman–Crippen LogP) is 3.29. The summed E-state index contributed by atoms with van der Waals surface area (Å²) in [6, 6.07) is 12.6. The number of hydrogen-bond donors (Lipinski definition) is 2. The number of non-ortho nitro benzene ring substituents is 1. The van der Waals surface area contributed by atoms with Crippen molar-refractivity contribution in [1.29, 1.82) is 5.41 Å². The van der Waals surface area contributed by atoms with Crippen LogP contribution in [0.1, 0.15) is 16.4 Å². The van der Waals surface area contributed by atoms with Crippen LogP contribution in [0.15, 0.2) is 42.5 Å². The summed E-state index contributed by atoms with van der Waals surface area (Å²) >= 11 is 1.25.